The zero-order valence-corrected chi connectivity index (χ0v) is 6.91. The molecule has 0 fully saturated rings. The van der Waals surface area contributed by atoms with Gasteiger partial charge in [-0.3, -0.25) is 9.89 Å². The third kappa shape index (κ3) is 2.51. The number of carboxylic acids is 1. The van der Waals surface area contributed by atoms with Crippen LogP contribution in [-0.4, -0.2) is 38.1 Å². The quantitative estimate of drug-likeness (QED) is 0.540. The normalized spacial score (nSPS) is 12.8. The van der Waals surface area contributed by atoms with Crippen LogP contribution in [0.5, 0.6) is 0 Å². The van der Waals surface area contributed by atoms with Crippen molar-refractivity contribution in [2.75, 3.05) is 5.75 Å². The number of hydrogen-bond donors (Lipinski definition) is 3. The first-order valence-corrected chi connectivity index (χ1v) is 4.15. The van der Waals surface area contributed by atoms with Crippen LogP contribution in [0.2, 0.25) is 0 Å². The molecular formula is C5H8N4O2S. The first kappa shape index (κ1) is 9.01. The molecule has 0 saturated heterocycles. The summed E-state index contributed by atoms with van der Waals surface area (Å²) in [5.74, 6) is -0.730. The lowest BCUT2D eigenvalue weighted by atomic mass is 10.4. The van der Waals surface area contributed by atoms with Gasteiger partial charge in [-0.25, -0.2) is 4.98 Å². The summed E-state index contributed by atoms with van der Waals surface area (Å²) in [6.07, 6.45) is 1.36. The zero-order chi connectivity index (χ0) is 8.97. The minimum atomic E-state index is -1.01. The van der Waals surface area contributed by atoms with Crippen molar-refractivity contribution >= 4 is 17.7 Å². The van der Waals surface area contributed by atoms with E-state index in [-0.39, 0.29) is 5.75 Å². The average molecular weight is 188 g/mol. The van der Waals surface area contributed by atoms with E-state index in [9.17, 15) is 4.79 Å². The van der Waals surface area contributed by atoms with Crippen LogP contribution in [-0.2, 0) is 4.79 Å². The van der Waals surface area contributed by atoms with Gasteiger partial charge in [-0.1, -0.05) is 11.8 Å². The Hall–Kier alpha value is -1.08. The summed E-state index contributed by atoms with van der Waals surface area (Å²) in [4.78, 5) is 14.1. The number of rotatable bonds is 4. The lowest BCUT2D eigenvalue weighted by molar-refractivity contribution is -0.137. The zero-order valence-electron chi connectivity index (χ0n) is 6.10. The van der Waals surface area contributed by atoms with Crippen LogP contribution in [0.4, 0.5) is 0 Å². The van der Waals surface area contributed by atoms with E-state index in [1.807, 2.05) is 0 Å². The van der Waals surface area contributed by atoms with Crippen molar-refractivity contribution < 1.29 is 9.90 Å². The monoisotopic (exact) mass is 188 g/mol. The molecule has 0 amide bonds. The molecule has 0 radical (unpaired) electrons. The van der Waals surface area contributed by atoms with Crippen LogP contribution in [0.25, 0.3) is 0 Å². The standard InChI is InChI=1S/C5H8N4O2S/c6-3(4(10)11)1-12-5-7-2-8-9-5/h2-3H,1,6H2,(H,10,11)(H,7,8,9). The van der Waals surface area contributed by atoms with Gasteiger partial charge >= 0.3 is 5.97 Å². The van der Waals surface area contributed by atoms with Crippen LogP contribution in [0.15, 0.2) is 11.5 Å². The van der Waals surface area contributed by atoms with Crippen molar-refractivity contribution in [3.8, 4) is 0 Å². The number of carbonyl (C=O) groups is 1. The number of nitrogens with one attached hydrogen (secondary N) is 1. The number of aromatic nitrogens is 3. The van der Waals surface area contributed by atoms with Crippen molar-refractivity contribution in [1.29, 1.82) is 0 Å². The van der Waals surface area contributed by atoms with E-state index in [1.165, 1.54) is 18.1 Å². The molecule has 0 aliphatic heterocycles. The smallest absolute Gasteiger partial charge is 0.321 e. The highest BCUT2D eigenvalue weighted by atomic mass is 32.2. The van der Waals surface area contributed by atoms with Gasteiger partial charge in [0.15, 0.2) is 5.16 Å². The fourth-order valence-corrected chi connectivity index (χ4v) is 1.22. The molecule has 1 aromatic rings. The predicted molar refractivity (Wildman–Crippen MR) is 42.7 cm³/mol. The Morgan fingerprint density at radius 3 is 3.17 bits per heavy atom. The molecule has 12 heavy (non-hydrogen) atoms. The first-order chi connectivity index (χ1) is 5.70. The van der Waals surface area contributed by atoms with Crippen molar-refractivity contribution in [2.24, 2.45) is 5.73 Å². The number of aliphatic carboxylic acids is 1. The SMILES string of the molecule is NC(CSc1ncn[nH]1)C(=O)O. The van der Waals surface area contributed by atoms with Gasteiger partial charge in [0.2, 0.25) is 0 Å². The number of thioether (sulfide) groups is 1. The predicted octanol–water partition coefficient (Wildman–Crippen LogP) is -0.691. The maximum Gasteiger partial charge on any atom is 0.321 e. The van der Waals surface area contributed by atoms with Crippen molar-refractivity contribution in [1.82, 2.24) is 15.2 Å². The summed E-state index contributed by atoms with van der Waals surface area (Å²) < 4.78 is 0. The Bertz CT molecular complexity index is 250. The summed E-state index contributed by atoms with van der Waals surface area (Å²) in [6, 6.07) is -0.861. The second-order valence-corrected chi connectivity index (χ2v) is 3.06. The van der Waals surface area contributed by atoms with Gasteiger partial charge in [0.05, 0.1) is 0 Å². The molecule has 0 bridgehead atoms. The van der Waals surface area contributed by atoms with Crippen molar-refractivity contribution in [3.05, 3.63) is 6.33 Å². The molecule has 0 saturated carbocycles. The molecule has 0 aliphatic carbocycles. The lowest BCUT2D eigenvalue weighted by Crippen LogP contribution is -2.32. The minimum Gasteiger partial charge on any atom is -0.480 e. The Kier molecular flexibility index (Phi) is 3.06. The van der Waals surface area contributed by atoms with Crippen LogP contribution < -0.4 is 5.73 Å². The number of carboxylic acid groups (broad SMARTS) is 1. The molecular weight excluding hydrogens is 180 g/mol. The topological polar surface area (TPSA) is 105 Å². The Morgan fingerprint density at radius 2 is 2.67 bits per heavy atom. The summed E-state index contributed by atoms with van der Waals surface area (Å²) in [5, 5.41) is 15.2. The van der Waals surface area contributed by atoms with Crippen LogP contribution in [0, 0.1) is 0 Å². The third-order valence-electron chi connectivity index (χ3n) is 1.11. The Labute approximate surface area is 72.6 Å². The Balaban J connectivity index is 2.31. The van der Waals surface area contributed by atoms with Gasteiger partial charge in [-0.05, 0) is 0 Å². The lowest BCUT2D eigenvalue weighted by Gasteiger charge is -2.02. The van der Waals surface area contributed by atoms with E-state index >= 15 is 0 Å². The van der Waals surface area contributed by atoms with Crippen LogP contribution >= 0.6 is 11.8 Å². The summed E-state index contributed by atoms with van der Waals surface area (Å²) in [6.45, 7) is 0. The Morgan fingerprint density at radius 1 is 1.92 bits per heavy atom. The second kappa shape index (κ2) is 4.07. The molecule has 0 aromatic carbocycles. The highest BCUT2D eigenvalue weighted by Gasteiger charge is 2.11. The number of aromatic amines is 1. The summed E-state index contributed by atoms with van der Waals surface area (Å²) in [7, 11) is 0. The minimum absolute atomic E-state index is 0.282. The maximum absolute atomic E-state index is 10.3. The molecule has 1 heterocycles. The largest absolute Gasteiger partial charge is 0.480 e. The maximum atomic E-state index is 10.3. The van der Waals surface area contributed by atoms with Crippen molar-refractivity contribution in [3.63, 3.8) is 0 Å². The van der Waals surface area contributed by atoms with Crippen LogP contribution in [0.1, 0.15) is 0 Å². The molecule has 1 rings (SSSR count). The average Bonchev–Trinajstić information content (AvgIpc) is 2.51. The van der Waals surface area contributed by atoms with E-state index in [4.69, 9.17) is 10.8 Å². The summed E-state index contributed by atoms with van der Waals surface area (Å²) in [5.41, 5.74) is 5.25. The van der Waals surface area contributed by atoms with Crippen molar-refractivity contribution in [2.45, 2.75) is 11.2 Å². The second-order valence-electron chi connectivity index (χ2n) is 2.05. The highest BCUT2D eigenvalue weighted by molar-refractivity contribution is 7.99. The highest BCUT2D eigenvalue weighted by Crippen LogP contribution is 2.10. The fraction of sp³-hybridized carbons (Fsp3) is 0.400. The molecule has 4 N–H and O–H groups in total. The molecule has 7 heteroatoms. The molecule has 0 spiro atoms. The van der Waals surface area contributed by atoms with E-state index < -0.39 is 12.0 Å². The molecule has 1 unspecified atom stereocenters. The van der Waals surface area contributed by atoms with Gasteiger partial charge < -0.3 is 10.8 Å². The number of H-pyrrole nitrogens is 1. The van der Waals surface area contributed by atoms with E-state index in [0.717, 1.165) is 0 Å². The van der Waals surface area contributed by atoms with E-state index in [0.29, 0.717) is 5.16 Å². The molecule has 1 aromatic heterocycles. The van der Waals surface area contributed by atoms with Gasteiger partial charge in [0, 0.05) is 5.75 Å². The van der Waals surface area contributed by atoms with Gasteiger partial charge in [-0.2, -0.15) is 5.10 Å². The fourth-order valence-electron chi connectivity index (χ4n) is 0.504. The van der Waals surface area contributed by atoms with Crippen LogP contribution in [0.3, 0.4) is 0 Å². The van der Waals surface area contributed by atoms with E-state index in [1.54, 1.807) is 0 Å². The first-order valence-electron chi connectivity index (χ1n) is 3.16. The van der Waals surface area contributed by atoms with Gasteiger partial charge in [-0.15, -0.1) is 0 Å². The molecule has 1 atom stereocenters. The molecule has 66 valence electrons. The number of nitrogens with zero attached hydrogens (tertiary/aromatic N) is 2. The number of nitrogens with two attached hydrogens (primary N) is 1. The third-order valence-corrected chi connectivity index (χ3v) is 2.11. The molecule has 0 aliphatic rings. The summed E-state index contributed by atoms with van der Waals surface area (Å²) >= 11 is 1.23. The van der Waals surface area contributed by atoms with Gasteiger partial charge in [0.1, 0.15) is 12.4 Å². The molecule has 6 nitrogen and oxygen atoms in total. The van der Waals surface area contributed by atoms with Gasteiger partial charge in [0.25, 0.3) is 0 Å². The van der Waals surface area contributed by atoms with E-state index in [2.05, 4.69) is 15.2 Å². The number of hydrogen-bond acceptors (Lipinski definition) is 5.